The topological polar surface area (TPSA) is 36.9 Å². The lowest BCUT2D eigenvalue weighted by molar-refractivity contribution is -0.236. The van der Waals surface area contributed by atoms with Crippen LogP contribution in [0, 0.1) is 5.41 Å². The summed E-state index contributed by atoms with van der Waals surface area (Å²) >= 11 is 0. The quantitative estimate of drug-likeness (QED) is 0.798. The number of hydrogen-bond donors (Lipinski definition) is 0. The molecule has 0 bridgehead atoms. The van der Waals surface area contributed by atoms with E-state index < -0.39 is 11.6 Å². The van der Waals surface area contributed by atoms with Crippen molar-refractivity contribution in [2.75, 3.05) is 26.4 Å². The second-order valence-electron chi connectivity index (χ2n) is 6.51. The van der Waals surface area contributed by atoms with Gasteiger partial charge in [0.2, 0.25) is 0 Å². The maximum Gasteiger partial charge on any atom is 0.178 e. The van der Waals surface area contributed by atoms with Gasteiger partial charge in [0, 0.05) is 18.3 Å². The van der Waals surface area contributed by atoms with E-state index in [1.165, 1.54) is 5.57 Å². The third kappa shape index (κ3) is 2.48. The van der Waals surface area contributed by atoms with E-state index in [1.54, 1.807) is 0 Å². The molecule has 0 radical (unpaired) electrons. The highest BCUT2D eigenvalue weighted by Crippen LogP contribution is 2.53. The summed E-state index contributed by atoms with van der Waals surface area (Å²) < 4.78 is 23.7. The molecule has 4 nitrogen and oxygen atoms in total. The Morgan fingerprint density at radius 1 is 1.05 bits per heavy atom. The first-order valence-electron chi connectivity index (χ1n) is 7.93. The summed E-state index contributed by atoms with van der Waals surface area (Å²) in [7, 11) is 0. The van der Waals surface area contributed by atoms with Gasteiger partial charge in [-0.25, -0.2) is 0 Å². The van der Waals surface area contributed by atoms with Crippen molar-refractivity contribution in [1.82, 2.24) is 0 Å². The van der Waals surface area contributed by atoms with Crippen molar-refractivity contribution in [2.45, 2.75) is 51.1 Å². The van der Waals surface area contributed by atoms with Gasteiger partial charge in [0.15, 0.2) is 11.6 Å². The highest BCUT2D eigenvalue weighted by Gasteiger charge is 2.55. The lowest BCUT2D eigenvalue weighted by atomic mass is 9.66. The van der Waals surface area contributed by atoms with Gasteiger partial charge in [-0.05, 0) is 25.3 Å². The fourth-order valence-corrected chi connectivity index (χ4v) is 3.88. The summed E-state index contributed by atoms with van der Waals surface area (Å²) in [6.45, 7) is 10.9. The summed E-state index contributed by atoms with van der Waals surface area (Å²) in [6.07, 6.45) is 7.80. The highest BCUT2D eigenvalue weighted by atomic mass is 16.7. The molecule has 2 heterocycles. The standard InChI is InChI=1S/C17H26O4/c1-4-14-6-5-7-17(20-12-13-21-17)15(14,2)8-9-16(3)18-10-11-19-16/h4,6H,1,5,7-13H2,2-3H3. The second-order valence-corrected chi connectivity index (χ2v) is 6.51. The van der Waals surface area contributed by atoms with Gasteiger partial charge in [0.05, 0.1) is 26.4 Å². The van der Waals surface area contributed by atoms with Gasteiger partial charge >= 0.3 is 0 Å². The van der Waals surface area contributed by atoms with E-state index in [2.05, 4.69) is 19.6 Å². The Kier molecular flexibility index (Phi) is 3.99. The fourth-order valence-electron chi connectivity index (χ4n) is 3.88. The molecule has 0 amide bonds. The van der Waals surface area contributed by atoms with Crippen molar-refractivity contribution < 1.29 is 18.9 Å². The van der Waals surface area contributed by atoms with Crippen molar-refractivity contribution in [3.8, 4) is 0 Å². The predicted molar refractivity (Wildman–Crippen MR) is 79.8 cm³/mol. The van der Waals surface area contributed by atoms with Gasteiger partial charge in [-0.1, -0.05) is 25.7 Å². The Bertz CT molecular complexity index is 430. The van der Waals surface area contributed by atoms with E-state index in [9.17, 15) is 0 Å². The first-order valence-corrected chi connectivity index (χ1v) is 7.93. The van der Waals surface area contributed by atoms with Crippen LogP contribution in [-0.2, 0) is 18.9 Å². The molecule has 2 fully saturated rings. The first-order chi connectivity index (χ1) is 10.0. The molecule has 0 aromatic rings. The van der Waals surface area contributed by atoms with Gasteiger partial charge in [0.25, 0.3) is 0 Å². The van der Waals surface area contributed by atoms with Crippen LogP contribution in [0.1, 0.15) is 39.5 Å². The second kappa shape index (κ2) is 5.51. The minimum atomic E-state index is -0.514. The molecule has 1 unspecified atom stereocenters. The fraction of sp³-hybridized carbons (Fsp3) is 0.765. The van der Waals surface area contributed by atoms with Crippen LogP contribution in [0.5, 0.6) is 0 Å². The molecule has 1 spiro atoms. The average molecular weight is 294 g/mol. The average Bonchev–Trinajstić information content (AvgIpc) is 3.11. The molecule has 3 rings (SSSR count). The van der Waals surface area contributed by atoms with Crippen molar-refractivity contribution in [2.24, 2.45) is 5.41 Å². The van der Waals surface area contributed by atoms with Crippen LogP contribution in [0.2, 0.25) is 0 Å². The Labute approximate surface area is 127 Å². The molecule has 0 saturated carbocycles. The monoisotopic (exact) mass is 294 g/mol. The van der Waals surface area contributed by atoms with E-state index in [1.807, 2.05) is 13.0 Å². The van der Waals surface area contributed by atoms with Crippen LogP contribution < -0.4 is 0 Å². The van der Waals surface area contributed by atoms with Gasteiger partial charge < -0.3 is 18.9 Å². The molecule has 1 aliphatic carbocycles. The molecular weight excluding hydrogens is 268 g/mol. The van der Waals surface area contributed by atoms with E-state index in [0.29, 0.717) is 26.4 Å². The minimum Gasteiger partial charge on any atom is -0.348 e. The molecule has 0 N–H and O–H groups in total. The summed E-state index contributed by atoms with van der Waals surface area (Å²) in [6, 6.07) is 0. The third-order valence-corrected chi connectivity index (χ3v) is 5.27. The molecular formula is C17H26O4. The Hall–Kier alpha value is -0.680. The van der Waals surface area contributed by atoms with Crippen LogP contribution in [0.3, 0.4) is 0 Å². The van der Waals surface area contributed by atoms with Crippen molar-refractivity contribution in [3.05, 3.63) is 24.3 Å². The van der Waals surface area contributed by atoms with Crippen LogP contribution in [0.15, 0.2) is 24.3 Å². The zero-order chi connectivity index (χ0) is 15.0. The summed E-state index contributed by atoms with van der Waals surface area (Å²) in [4.78, 5) is 0. The van der Waals surface area contributed by atoms with Crippen LogP contribution in [-0.4, -0.2) is 38.0 Å². The maximum absolute atomic E-state index is 6.08. The Balaban J connectivity index is 1.83. The van der Waals surface area contributed by atoms with Gasteiger partial charge in [-0.15, -0.1) is 0 Å². The van der Waals surface area contributed by atoms with Crippen LogP contribution in [0.25, 0.3) is 0 Å². The molecule has 1 atom stereocenters. The zero-order valence-electron chi connectivity index (χ0n) is 13.2. The Morgan fingerprint density at radius 2 is 1.67 bits per heavy atom. The van der Waals surface area contributed by atoms with E-state index >= 15 is 0 Å². The minimum absolute atomic E-state index is 0.207. The number of rotatable bonds is 4. The molecule has 0 aromatic carbocycles. The summed E-state index contributed by atoms with van der Waals surface area (Å²) in [5, 5.41) is 0. The van der Waals surface area contributed by atoms with Gasteiger partial charge in [-0.3, -0.25) is 0 Å². The summed E-state index contributed by atoms with van der Waals surface area (Å²) in [5.74, 6) is -0.993. The SMILES string of the molecule is C=CC1=CCCC2(OCCO2)C1(C)CCC1(C)OCCO1. The van der Waals surface area contributed by atoms with Gasteiger partial charge in [-0.2, -0.15) is 0 Å². The number of hydrogen-bond acceptors (Lipinski definition) is 4. The molecule has 0 aromatic heterocycles. The van der Waals surface area contributed by atoms with Crippen LogP contribution >= 0.6 is 0 Å². The van der Waals surface area contributed by atoms with Crippen molar-refractivity contribution >= 4 is 0 Å². The lowest BCUT2D eigenvalue weighted by Gasteiger charge is -2.48. The number of ether oxygens (including phenoxy) is 4. The molecule has 118 valence electrons. The maximum atomic E-state index is 6.08. The normalized spacial score (nSPS) is 34.1. The van der Waals surface area contributed by atoms with Crippen molar-refractivity contribution in [1.29, 1.82) is 0 Å². The van der Waals surface area contributed by atoms with E-state index in [0.717, 1.165) is 25.7 Å². The number of allylic oxidation sites excluding steroid dienone is 2. The van der Waals surface area contributed by atoms with E-state index in [-0.39, 0.29) is 5.41 Å². The predicted octanol–water partition coefficient (Wildman–Crippen LogP) is 3.19. The third-order valence-electron chi connectivity index (χ3n) is 5.27. The van der Waals surface area contributed by atoms with Crippen molar-refractivity contribution in [3.63, 3.8) is 0 Å². The molecule has 2 saturated heterocycles. The molecule has 3 aliphatic rings. The summed E-state index contributed by atoms with van der Waals surface area (Å²) in [5.41, 5.74) is 1.01. The smallest absolute Gasteiger partial charge is 0.178 e. The zero-order valence-corrected chi connectivity index (χ0v) is 13.2. The molecule has 4 heteroatoms. The Morgan fingerprint density at radius 3 is 2.29 bits per heavy atom. The lowest BCUT2D eigenvalue weighted by Crippen LogP contribution is -2.51. The molecule has 21 heavy (non-hydrogen) atoms. The molecule has 2 aliphatic heterocycles. The van der Waals surface area contributed by atoms with Crippen LogP contribution in [0.4, 0.5) is 0 Å². The van der Waals surface area contributed by atoms with Gasteiger partial charge in [0.1, 0.15) is 0 Å². The van der Waals surface area contributed by atoms with E-state index in [4.69, 9.17) is 18.9 Å². The highest BCUT2D eigenvalue weighted by molar-refractivity contribution is 5.31. The largest absolute Gasteiger partial charge is 0.348 e. The first kappa shape index (κ1) is 15.2.